The summed E-state index contributed by atoms with van der Waals surface area (Å²) in [5.74, 6) is -1.01. The van der Waals surface area contributed by atoms with Crippen molar-refractivity contribution in [2.24, 2.45) is 0 Å². The van der Waals surface area contributed by atoms with E-state index in [4.69, 9.17) is 12.2 Å². The minimum absolute atomic E-state index is 0.107. The number of rotatable bonds is 4. The largest absolute Gasteiger partial charge is 0.352 e. The third-order valence-electron chi connectivity index (χ3n) is 3.08. The van der Waals surface area contributed by atoms with Crippen LogP contribution in [0, 0.1) is 5.82 Å². The molecule has 2 rings (SSSR count). The van der Waals surface area contributed by atoms with Crippen LogP contribution in [0.25, 0.3) is 0 Å². The lowest BCUT2D eigenvalue weighted by Crippen LogP contribution is -2.34. The number of thiocarbonyl (C=S) groups is 1. The third kappa shape index (κ3) is 4.85. The first-order valence-electron chi connectivity index (χ1n) is 7.25. The van der Waals surface area contributed by atoms with Crippen LogP contribution in [0.4, 0.5) is 10.1 Å². The molecule has 0 bridgehead atoms. The maximum absolute atomic E-state index is 12.8. The molecule has 0 saturated heterocycles. The quantitative estimate of drug-likeness (QED) is 0.745. The van der Waals surface area contributed by atoms with E-state index in [2.05, 4.69) is 16.0 Å². The minimum atomic E-state index is -0.438. The summed E-state index contributed by atoms with van der Waals surface area (Å²) in [5, 5.41) is 8.16. The molecule has 0 aromatic heterocycles. The van der Waals surface area contributed by atoms with Crippen LogP contribution in [-0.2, 0) is 0 Å². The molecule has 2 aromatic carbocycles. The van der Waals surface area contributed by atoms with Gasteiger partial charge in [-0.3, -0.25) is 14.9 Å². The fraction of sp³-hybridized carbons (Fsp3) is 0.118. The van der Waals surface area contributed by atoms with Gasteiger partial charge < -0.3 is 10.6 Å². The van der Waals surface area contributed by atoms with Crippen LogP contribution in [0.3, 0.4) is 0 Å². The third-order valence-corrected chi connectivity index (χ3v) is 3.28. The number of hydrogen-bond acceptors (Lipinski definition) is 3. The van der Waals surface area contributed by atoms with E-state index >= 15 is 0 Å². The minimum Gasteiger partial charge on any atom is -0.352 e. The van der Waals surface area contributed by atoms with Crippen molar-refractivity contribution in [3.63, 3.8) is 0 Å². The lowest BCUT2D eigenvalue weighted by Gasteiger charge is -2.10. The van der Waals surface area contributed by atoms with Gasteiger partial charge in [0.1, 0.15) is 5.82 Å². The summed E-state index contributed by atoms with van der Waals surface area (Å²) in [6.07, 6.45) is 0. The zero-order valence-corrected chi connectivity index (χ0v) is 13.7. The fourth-order valence-electron chi connectivity index (χ4n) is 1.91. The molecule has 2 amide bonds. The monoisotopic (exact) mass is 345 g/mol. The molecule has 0 spiro atoms. The van der Waals surface area contributed by atoms with Gasteiger partial charge in [-0.1, -0.05) is 0 Å². The van der Waals surface area contributed by atoms with E-state index in [9.17, 15) is 14.0 Å². The van der Waals surface area contributed by atoms with Crippen LogP contribution < -0.4 is 16.0 Å². The van der Waals surface area contributed by atoms with E-state index in [-0.39, 0.29) is 11.0 Å². The number of carbonyl (C=O) groups excluding carboxylic acids is 2. The Kier molecular flexibility index (Phi) is 5.97. The highest BCUT2D eigenvalue weighted by molar-refractivity contribution is 7.80. The van der Waals surface area contributed by atoms with Crippen molar-refractivity contribution in [3.8, 4) is 0 Å². The predicted molar refractivity (Wildman–Crippen MR) is 94.5 cm³/mol. The Morgan fingerprint density at radius 3 is 2.08 bits per heavy atom. The van der Waals surface area contributed by atoms with Crippen molar-refractivity contribution in [1.82, 2.24) is 10.6 Å². The molecule has 0 aliphatic rings. The highest BCUT2D eigenvalue weighted by Crippen LogP contribution is 2.10. The van der Waals surface area contributed by atoms with Gasteiger partial charge in [-0.2, -0.15) is 0 Å². The molecule has 0 heterocycles. The molecule has 0 fully saturated rings. The molecule has 0 atom stereocenters. The van der Waals surface area contributed by atoms with Crippen LogP contribution in [-0.4, -0.2) is 23.5 Å². The number of hydrogen-bond donors (Lipinski definition) is 3. The average molecular weight is 345 g/mol. The van der Waals surface area contributed by atoms with Crippen molar-refractivity contribution in [2.45, 2.75) is 6.92 Å². The van der Waals surface area contributed by atoms with E-state index in [1.807, 2.05) is 6.92 Å². The number of amides is 2. The van der Waals surface area contributed by atoms with E-state index in [1.165, 1.54) is 24.3 Å². The van der Waals surface area contributed by atoms with Gasteiger partial charge in [0.25, 0.3) is 11.8 Å². The molecule has 0 saturated carbocycles. The number of benzene rings is 2. The van der Waals surface area contributed by atoms with Crippen molar-refractivity contribution in [2.75, 3.05) is 11.9 Å². The van der Waals surface area contributed by atoms with Crippen molar-refractivity contribution in [3.05, 3.63) is 65.5 Å². The summed E-state index contributed by atoms with van der Waals surface area (Å²) in [4.78, 5) is 23.6. The molecular weight excluding hydrogens is 329 g/mol. The summed E-state index contributed by atoms with van der Waals surface area (Å²) in [6, 6.07) is 11.8. The normalized spacial score (nSPS) is 9.92. The summed E-state index contributed by atoms with van der Waals surface area (Å²) in [5.41, 5.74) is 1.46. The second-order valence-electron chi connectivity index (χ2n) is 4.85. The second kappa shape index (κ2) is 8.16. The lowest BCUT2D eigenvalue weighted by atomic mass is 10.2. The summed E-state index contributed by atoms with van der Waals surface area (Å²) in [7, 11) is 0. The summed E-state index contributed by atoms with van der Waals surface area (Å²) >= 11 is 5.07. The second-order valence-corrected chi connectivity index (χ2v) is 5.26. The van der Waals surface area contributed by atoms with Gasteiger partial charge in [0, 0.05) is 23.4 Å². The number of nitrogens with one attached hydrogen (secondary N) is 3. The Morgan fingerprint density at radius 1 is 0.958 bits per heavy atom. The van der Waals surface area contributed by atoms with Crippen LogP contribution >= 0.6 is 12.2 Å². The zero-order chi connectivity index (χ0) is 17.5. The van der Waals surface area contributed by atoms with Crippen molar-refractivity contribution in [1.29, 1.82) is 0 Å². The van der Waals surface area contributed by atoms with E-state index in [1.54, 1.807) is 24.3 Å². The van der Waals surface area contributed by atoms with Crippen LogP contribution in [0.5, 0.6) is 0 Å². The van der Waals surface area contributed by atoms with E-state index in [0.717, 1.165) is 0 Å². The SMILES string of the molecule is CCNC(=O)c1ccc(NC(=S)NC(=O)c2ccc(F)cc2)cc1. The Bertz CT molecular complexity index is 745. The predicted octanol–water partition coefficient (Wildman–Crippen LogP) is 2.70. The highest BCUT2D eigenvalue weighted by Gasteiger charge is 2.09. The first kappa shape index (κ1) is 17.6. The summed E-state index contributed by atoms with van der Waals surface area (Å²) < 4.78 is 12.8. The van der Waals surface area contributed by atoms with Gasteiger partial charge in [0.05, 0.1) is 0 Å². The average Bonchev–Trinajstić information content (AvgIpc) is 2.56. The van der Waals surface area contributed by atoms with Crippen molar-refractivity contribution >= 4 is 34.8 Å². The maximum atomic E-state index is 12.8. The molecule has 0 aliphatic heterocycles. The Labute approximate surface area is 144 Å². The van der Waals surface area contributed by atoms with Crippen molar-refractivity contribution < 1.29 is 14.0 Å². The summed E-state index contributed by atoms with van der Waals surface area (Å²) in [6.45, 7) is 2.40. The molecule has 7 heteroatoms. The highest BCUT2D eigenvalue weighted by atomic mass is 32.1. The van der Waals surface area contributed by atoms with Crippen LogP contribution in [0.2, 0.25) is 0 Å². The molecule has 0 unspecified atom stereocenters. The molecule has 5 nitrogen and oxygen atoms in total. The topological polar surface area (TPSA) is 70.2 Å². The van der Waals surface area contributed by atoms with Gasteiger partial charge in [-0.25, -0.2) is 4.39 Å². The van der Waals surface area contributed by atoms with Gasteiger partial charge in [-0.05, 0) is 67.7 Å². The molecule has 0 radical (unpaired) electrons. The fourth-order valence-corrected chi connectivity index (χ4v) is 2.12. The van der Waals surface area contributed by atoms with Crippen LogP contribution in [0.15, 0.2) is 48.5 Å². The molecule has 2 aromatic rings. The first-order chi connectivity index (χ1) is 11.5. The van der Waals surface area contributed by atoms with E-state index < -0.39 is 11.7 Å². The van der Waals surface area contributed by atoms with Gasteiger partial charge in [0.15, 0.2) is 5.11 Å². The van der Waals surface area contributed by atoms with Gasteiger partial charge >= 0.3 is 0 Å². The molecule has 24 heavy (non-hydrogen) atoms. The van der Waals surface area contributed by atoms with Gasteiger partial charge in [0.2, 0.25) is 0 Å². The number of anilines is 1. The molecule has 3 N–H and O–H groups in total. The standard InChI is InChI=1S/C17H16FN3O2S/c1-2-19-15(22)11-5-9-14(10-6-11)20-17(24)21-16(23)12-3-7-13(18)8-4-12/h3-10H,2H2,1H3,(H,19,22)(H2,20,21,23,24). The maximum Gasteiger partial charge on any atom is 0.257 e. The first-order valence-corrected chi connectivity index (χ1v) is 7.66. The Morgan fingerprint density at radius 2 is 1.50 bits per heavy atom. The Hall–Kier alpha value is -2.80. The van der Waals surface area contributed by atoms with Crippen LogP contribution in [0.1, 0.15) is 27.6 Å². The number of halogens is 1. The molecule has 0 aliphatic carbocycles. The Balaban J connectivity index is 1.93. The van der Waals surface area contributed by atoms with E-state index in [0.29, 0.717) is 23.4 Å². The number of carbonyl (C=O) groups is 2. The zero-order valence-electron chi connectivity index (χ0n) is 12.9. The lowest BCUT2D eigenvalue weighted by molar-refractivity contribution is 0.0953. The molecular formula is C17H16FN3O2S. The molecule has 124 valence electrons. The smallest absolute Gasteiger partial charge is 0.257 e. The van der Waals surface area contributed by atoms with Gasteiger partial charge in [-0.15, -0.1) is 0 Å².